The number of carbonyl (C=O) groups excluding carboxylic acids is 2. The number of hydrogen-bond acceptors (Lipinski definition) is 8. The van der Waals surface area contributed by atoms with E-state index in [0.717, 1.165) is 0 Å². The zero-order valence-electron chi connectivity index (χ0n) is 14.9. The van der Waals surface area contributed by atoms with Crippen LogP contribution in [0.2, 0.25) is 0 Å². The molecular weight excluding hydrogens is 404 g/mol. The first kappa shape index (κ1) is 29.8. The SMILES string of the molecule is CC(=O)N(C)CCCS(=O)(=O)[O-].CC(=O)N(C)CCCS(=O)(=O)[O-].[Ca+2]. The molecule has 0 rings (SSSR count). The molecule has 0 spiro atoms. The summed E-state index contributed by atoms with van der Waals surface area (Å²) >= 11 is 0. The van der Waals surface area contributed by atoms with Crippen LogP contribution < -0.4 is 0 Å². The minimum Gasteiger partial charge on any atom is -0.748 e. The van der Waals surface area contributed by atoms with Gasteiger partial charge in [-0.25, -0.2) is 16.8 Å². The molecule has 0 aromatic carbocycles. The van der Waals surface area contributed by atoms with Gasteiger partial charge in [0.05, 0.1) is 20.2 Å². The minimum absolute atomic E-state index is 0. The predicted octanol–water partition coefficient (Wildman–Crippen LogP) is -1.58. The Morgan fingerprint density at radius 2 is 1.00 bits per heavy atom. The van der Waals surface area contributed by atoms with E-state index in [0.29, 0.717) is 13.1 Å². The third kappa shape index (κ3) is 24.0. The smallest absolute Gasteiger partial charge is 0.748 e. The summed E-state index contributed by atoms with van der Waals surface area (Å²) in [5.74, 6) is -1.11. The Bertz CT molecular complexity index is 553. The second-order valence-electron chi connectivity index (χ2n) is 5.11. The van der Waals surface area contributed by atoms with Crippen molar-refractivity contribution in [3.05, 3.63) is 0 Å². The van der Waals surface area contributed by atoms with Gasteiger partial charge in [0.2, 0.25) is 11.8 Å². The molecule has 0 atom stereocenters. The molecular formula is C12H24CaN2O8S2. The van der Waals surface area contributed by atoms with E-state index in [9.17, 15) is 35.5 Å². The van der Waals surface area contributed by atoms with Gasteiger partial charge in [-0.2, -0.15) is 0 Å². The van der Waals surface area contributed by atoms with Crippen molar-refractivity contribution >= 4 is 69.8 Å². The predicted molar refractivity (Wildman–Crippen MR) is 90.7 cm³/mol. The van der Waals surface area contributed by atoms with Gasteiger partial charge in [-0.05, 0) is 12.8 Å². The summed E-state index contributed by atoms with van der Waals surface area (Å²) in [4.78, 5) is 23.9. The maximum absolute atomic E-state index is 10.6. The molecule has 0 aromatic rings. The van der Waals surface area contributed by atoms with Gasteiger partial charge in [0, 0.05) is 52.5 Å². The van der Waals surface area contributed by atoms with Gasteiger partial charge in [-0.1, -0.05) is 0 Å². The first-order chi connectivity index (χ1) is 10.7. The van der Waals surface area contributed by atoms with Crippen molar-refractivity contribution < 1.29 is 35.5 Å². The first-order valence-corrected chi connectivity index (χ1v) is 10.1. The fraction of sp³-hybridized carbons (Fsp3) is 0.833. The number of amides is 2. The minimum atomic E-state index is -4.13. The number of carbonyl (C=O) groups is 2. The van der Waals surface area contributed by atoms with Gasteiger partial charge in [0.1, 0.15) is 0 Å². The Hall–Kier alpha value is 0.0197. The summed E-state index contributed by atoms with van der Waals surface area (Å²) in [6.07, 6.45) is 0.393. The quantitative estimate of drug-likeness (QED) is 0.331. The Kier molecular flexibility index (Phi) is 16.8. The summed E-state index contributed by atoms with van der Waals surface area (Å²) < 4.78 is 60.7. The molecule has 13 heteroatoms. The maximum atomic E-state index is 10.6. The van der Waals surface area contributed by atoms with Crippen molar-refractivity contribution in [1.82, 2.24) is 9.80 Å². The molecule has 0 radical (unpaired) electrons. The Morgan fingerprint density at radius 1 is 0.760 bits per heavy atom. The summed E-state index contributed by atoms with van der Waals surface area (Å²) in [5.41, 5.74) is 0. The third-order valence-corrected chi connectivity index (χ3v) is 4.43. The summed E-state index contributed by atoms with van der Waals surface area (Å²) in [6, 6.07) is 0. The van der Waals surface area contributed by atoms with Crippen LogP contribution in [0, 0.1) is 0 Å². The van der Waals surface area contributed by atoms with E-state index in [1.165, 1.54) is 23.6 Å². The molecule has 0 bridgehead atoms. The molecule has 0 saturated carbocycles. The van der Waals surface area contributed by atoms with E-state index < -0.39 is 31.7 Å². The van der Waals surface area contributed by atoms with Crippen LogP contribution in [-0.4, -0.2) is 124 Å². The molecule has 0 unspecified atom stereocenters. The number of rotatable bonds is 8. The van der Waals surface area contributed by atoms with Gasteiger partial charge in [-0.15, -0.1) is 0 Å². The Balaban J connectivity index is -0.000000372. The standard InChI is InChI=1S/2C6H13NO4S.Ca/c2*1-6(8)7(2)4-3-5-12(9,10)11;/h2*3-5H2,1-2H3,(H,9,10,11);/q;;+2/p-2. The van der Waals surface area contributed by atoms with Crippen LogP contribution in [-0.2, 0) is 29.8 Å². The summed E-state index contributed by atoms with van der Waals surface area (Å²) in [7, 11) is -5.16. The Morgan fingerprint density at radius 3 is 1.16 bits per heavy atom. The zero-order valence-corrected chi connectivity index (χ0v) is 18.8. The second-order valence-corrected chi connectivity index (χ2v) is 8.16. The van der Waals surface area contributed by atoms with Gasteiger partial charge in [0.25, 0.3) is 0 Å². The van der Waals surface area contributed by atoms with Crippen LogP contribution in [0.5, 0.6) is 0 Å². The fourth-order valence-electron chi connectivity index (χ4n) is 1.27. The van der Waals surface area contributed by atoms with Crippen molar-refractivity contribution in [2.75, 3.05) is 38.7 Å². The van der Waals surface area contributed by atoms with Gasteiger partial charge in [-0.3, -0.25) is 9.59 Å². The zero-order chi connectivity index (χ0) is 19.6. The van der Waals surface area contributed by atoms with E-state index in [2.05, 4.69) is 0 Å². The van der Waals surface area contributed by atoms with Crippen LogP contribution in [0.4, 0.5) is 0 Å². The number of nitrogens with zero attached hydrogens (tertiary/aromatic N) is 2. The van der Waals surface area contributed by atoms with Crippen LogP contribution >= 0.6 is 0 Å². The number of hydrogen-bond donors (Lipinski definition) is 0. The van der Waals surface area contributed by atoms with Crippen molar-refractivity contribution in [3.63, 3.8) is 0 Å². The van der Waals surface area contributed by atoms with E-state index in [1.54, 1.807) is 14.1 Å². The molecule has 0 aliphatic rings. The molecule has 0 aliphatic carbocycles. The van der Waals surface area contributed by atoms with Gasteiger partial charge >= 0.3 is 37.7 Å². The average molecular weight is 429 g/mol. The van der Waals surface area contributed by atoms with Gasteiger partial charge in [0.15, 0.2) is 0 Å². The molecule has 0 fully saturated rings. The molecule has 0 aromatic heterocycles. The van der Waals surface area contributed by atoms with E-state index in [-0.39, 0.29) is 62.4 Å². The van der Waals surface area contributed by atoms with Crippen molar-refractivity contribution in [2.45, 2.75) is 26.7 Å². The van der Waals surface area contributed by atoms with E-state index in [1.807, 2.05) is 0 Å². The van der Waals surface area contributed by atoms with E-state index >= 15 is 0 Å². The molecule has 0 N–H and O–H groups in total. The monoisotopic (exact) mass is 428 g/mol. The van der Waals surface area contributed by atoms with Crippen LogP contribution in [0.15, 0.2) is 0 Å². The molecule has 25 heavy (non-hydrogen) atoms. The molecule has 2 amide bonds. The summed E-state index contributed by atoms with van der Waals surface area (Å²) in [6.45, 7) is 3.37. The van der Waals surface area contributed by atoms with Crippen LogP contribution in [0.3, 0.4) is 0 Å². The summed E-state index contributed by atoms with van der Waals surface area (Å²) in [5, 5.41) is 0. The van der Waals surface area contributed by atoms with Crippen molar-refractivity contribution in [1.29, 1.82) is 0 Å². The first-order valence-electron chi connectivity index (χ1n) is 6.96. The molecule has 10 nitrogen and oxygen atoms in total. The van der Waals surface area contributed by atoms with Crippen molar-refractivity contribution in [3.8, 4) is 0 Å². The van der Waals surface area contributed by atoms with Crippen LogP contribution in [0.1, 0.15) is 26.7 Å². The normalized spacial score (nSPS) is 10.8. The van der Waals surface area contributed by atoms with Crippen molar-refractivity contribution in [2.24, 2.45) is 0 Å². The molecule has 144 valence electrons. The molecule has 0 aliphatic heterocycles. The van der Waals surface area contributed by atoms with Gasteiger partial charge < -0.3 is 18.9 Å². The van der Waals surface area contributed by atoms with Crippen LogP contribution in [0.25, 0.3) is 0 Å². The molecule has 0 saturated heterocycles. The average Bonchev–Trinajstić information content (AvgIpc) is 2.35. The maximum Gasteiger partial charge on any atom is 2.00 e. The fourth-order valence-corrected chi connectivity index (χ4v) is 2.24. The topological polar surface area (TPSA) is 155 Å². The second kappa shape index (κ2) is 14.1. The third-order valence-electron chi connectivity index (χ3n) is 2.85. The largest absolute Gasteiger partial charge is 2.00 e. The Labute approximate surface area is 179 Å². The molecule has 0 heterocycles. The van der Waals surface area contributed by atoms with E-state index in [4.69, 9.17) is 0 Å².